The number of carbonyl (C=O) groups is 1. The third kappa shape index (κ3) is 4.65. The number of hydrogen-bond donors (Lipinski definition) is 2. The molecule has 1 aromatic heterocycles. The third-order valence-corrected chi connectivity index (χ3v) is 3.89. The third-order valence-electron chi connectivity index (χ3n) is 3.65. The van der Waals surface area contributed by atoms with Crippen LogP contribution in [0.25, 0.3) is 0 Å². The minimum absolute atomic E-state index is 0.194. The quantitative estimate of drug-likeness (QED) is 0.664. The molecule has 3 aromatic rings. The first-order valence-electron chi connectivity index (χ1n) is 7.97. The molecule has 8 heteroatoms. The predicted molar refractivity (Wildman–Crippen MR) is 104 cm³/mol. The van der Waals surface area contributed by atoms with Gasteiger partial charge in [-0.05, 0) is 30.3 Å². The Morgan fingerprint density at radius 1 is 1.04 bits per heavy atom. The molecule has 0 spiro atoms. The van der Waals surface area contributed by atoms with Gasteiger partial charge in [-0.3, -0.25) is 4.79 Å². The molecule has 0 atom stereocenters. The lowest BCUT2D eigenvalue weighted by atomic mass is 10.2. The minimum atomic E-state index is -0.405. The minimum Gasteiger partial charge on any atom is -0.497 e. The van der Waals surface area contributed by atoms with Crippen LogP contribution < -0.4 is 20.1 Å². The van der Waals surface area contributed by atoms with E-state index in [1.54, 1.807) is 43.5 Å². The number of benzene rings is 2. The summed E-state index contributed by atoms with van der Waals surface area (Å²) in [6.07, 6.45) is 1.31. The normalized spacial score (nSPS) is 10.2. The van der Waals surface area contributed by atoms with Crippen molar-refractivity contribution in [2.45, 2.75) is 0 Å². The lowest BCUT2D eigenvalue weighted by Gasteiger charge is -2.12. The van der Waals surface area contributed by atoms with E-state index in [4.69, 9.17) is 21.1 Å². The second-order valence-corrected chi connectivity index (χ2v) is 5.88. The van der Waals surface area contributed by atoms with Gasteiger partial charge in [0.2, 0.25) is 0 Å². The summed E-state index contributed by atoms with van der Waals surface area (Å²) in [5, 5.41) is 6.45. The second kappa shape index (κ2) is 8.37. The molecule has 0 fully saturated rings. The van der Waals surface area contributed by atoms with E-state index in [2.05, 4.69) is 20.6 Å². The van der Waals surface area contributed by atoms with Crippen molar-refractivity contribution < 1.29 is 14.3 Å². The van der Waals surface area contributed by atoms with E-state index in [1.807, 2.05) is 12.1 Å². The number of carbonyl (C=O) groups excluding carboxylic acids is 1. The Balaban J connectivity index is 1.80. The fourth-order valence-corrected chi connectivity index (χ4v) is 2.55. The van der Waals surface area contributed by atoms with E-state index in [1.165, 1.54) is 13.4 Å². The summed E-state index contributed by atoms with van der Waals surface area (Å²) in [5.74, 6) is 1.17. The van der Waals surface area contributed by atoms with Gasteiger partial charge in [-0.2, -0.15) is 0 Å². The molecule has 1 heterocycles. The van der Waals surface area contributed by atoms with Crippen LogP contribution in [0.3, 0.4) is 0 Å². The van der Waals surface area contributed by atoms with E-state index < -0.39 is 5.91 Å². The Morgan fingerprint density at radius 3 is 2.63 bits per heavy atom. The van der Waals surface area contributed by atoms with Gasteiger partial charge in [0.1, 0.15) is 29.3 Å². The van der Waals surface area contributed by atoms with Crippen LogP contribution in [0, 0.1) is 0 Å². The summed E-state index contributed by atoms with van der Waals surface area (Å²) in [4.78, 5) is 20.8. The molecule has 0 aliphatic rings. The zero-order chi connectivity index (χ0) is 19.2. The van der Waals surface area contributed by atoms with Gasteiger partial charge in [0.15, 0.2) is 0 Å². The van der Waals surface area contributed by atoms with E-state index in [0.29, 0.717) is 28.0 Å². The molecule has 0 unspecified atom stereocenters. The highest BCUT2D eigenvalue weighted by Crippen LogP contribution is 2.29. The molecule has 2 N–H and O–H groups in total. The molecule has 7 nitrogen and oxygen atoms in total. The van der Waals surface area contributed by atoms with E-state index >= 15 is 0 Å². The van der Waals surface area contributed by atoms with Crippen molar-refractivity contribution in [3.05, 3.63) is 65.6 Å². The van der Waals surface area contributed by atoms with Crippen LogP contribution in [0.4, 0.5) is 17.2 Å². The SMILES string of the molecule is COc1ccc(OC)c(NC(=O)c2cc(Nc3cccc(Cl)c3)ncn2)c1. The van der Waals surface area contributed by atoms with E-state index in [-0.39, 0.29) is 5.69 Å². The molecule has 27 heavy (non-hydrogen) atoms. The fraction of sp³-hybridized carbons (Fsp3) is 0.105. The van der Waals surface area contributed by atoms with Gasteiger partial charge in [-0.1, -0.05) is 17.7 Å². The van der Waals surface area contributed by atoms with Crippen molar-refractivity contribution in [1.82, 2.24) is 9.97 Å². The van der Waals surface area contributed by atoms with Gasteiger partial charge < -0.3 is 20.1 Å². The maximum atomic E-state index is 12.6. The van der Waals surface area contributed by atoms with Crippen molar-refractivity contribution in [3.63, 3.8) is 0 Å². The monoisotopic (exact) mass is 384 g/mol. The first-order chi connectivity index (χ1) is 13.1. The molecule has 0 aliphatic heterocycles. The molecule has 0 saturated heterocycles. The van der Waals surface area contributed by atoms with Crippen LogP contribution in [-0.4, -0.2) is 30.1 Å². The number of amides is 1. The summed E-state index contributed by atoms with van der Waals surface area (Å²) in [6, 6.07) is 13.8. The highest BCUT2D eigenvalue weighted by Gasteiger charge is 2.13. The number of methoxy groups -OCH3 is 2. The van der Waals surface area contributed by atoms with Crippen LogP contribution in [0.5, 0.6) is 11.5 Å². The van der Waals surface area contributed by atoms with Crippen LogP contribution in [0.1, 0.15) is 10.5 Å². The number of aromatic nitrogens is 2. The number of halogens is 1. The smallest absolute Gasteiger partial charge is 0.274 e. The lowest BCUT2D eigenvalue weighted by molar-refractivity contribution is 0.102. The van der Waals surface area contributed by atoms with Gasteiger partial charge in [0.05, 0.1) is 19.9 Å². The molecule has 0 bridgehead atoms. The predicted octanol–water partition coefficient (Wildman–Crippen LogP) is 4.14. The van der Waals surface area contributed by atoms with Crippen molar-refractivity contribution in [2.24, 2.45) is 0 Å². The standard InChI is InChI=1S/C19H17ClN4O3/c1-26-14-6-7-17(27-2)15(9-14)24-19(25)16-10-18(22-11-21-16)23-13-5-3-4-12(20)8-13/h3-11H,1-2H3,(H,24,25)(H,21,22,23). The van der Waals surface area contributed by atoms with Crippen LogP contribution in [0.2, 0.25) is 5.02 Å². The zero-order valence-corrected chi connectivity index (χ0v) is 15.4. The molecular weight excluding hydrogens is 368 g/mol. The second-order valence-electron chi connectivity index (χ2n) is 5.44. The summed E-state index contributed by atoms with van der Waals surface area (Å²) < 4.78 is 10.5. The summed E-state index contributed by atoms with van der Waals surface area (Å²) in [7, 11) is 3.07. The summed E-state index contributed by atoms with van der Waals surface area (Å²) in [5.41, 5.74) is 1.42. The number of hydrogen-bond acceptors (Lipinski definition) is 6. The van der Waals surface area contributed by atoms with Crippen LogP contribution in [0.15, 0.2) is 54.9 Å². The first kappa shape index (κ1) is 18.5. The van der Waals surface area contributed by atoms with Gasteiger partial charge in [-0.25, -0.2) is 9.97 Å². The molecule has 1 amide bonds. The molecule has 0 saturated carbocycles. The van der Waals surface area contributed by atoms with Crippen molar-refractivity contribution in [1.29, 1.82) is 0 Å². The first-order valence-corrected chi connectivity index (χ1v) is 8.35. The summed E-state index contributed by atoms with van der Waals surface area (Å²) >= 11 is 5.98. The Labute approximate surface area is 161 Å². The van der Waals surface area contributed by atoms with E-state index in [0.717, 1.165) is 5.69 Å². The number of rotatable bonds is 6. The molecule has 138 valence electrons. The number of ether oxygens (including phenoxy) is 2. The highest BCUT2D eigenvalue weighted by molar-refractivity contribution is 6.30. The van der Waals surface area contributed by atoms with Crippen molar-refractivity contribution in [3.8, 4) is 11.5 Å². The maximum absolute atomic E-state index is 12.6. The highest BCUT2D eigenvalue weighted by atomic mass is 35.5. The van der Waals surface area contributed by atoms with Crippen LogP contribution in [-0.2, 0) is 0 Å². The van der Waals surface area contributed by atoms with Gasteiger partial charge in [-0.15, -0.1) is 0 Å². The largest absolute Gasteiger partial charge is 0.497 e. The van der Waals surface area contributed by atoms with Crippen molar-refractivity contribution in [2.75, 3.05) is 24.9 Å². The number of nitrogens with zero attached hydrogens (tertiary/aromatic N) is 2. The Bertz CT molecular complexity index is 965. The van der Waals surface area contributed by atoms with Gasteiger partial charge in [0.25, 0.3) is 5.91 Å². The topological polar surface area (TPSA) is 85.4 Å². The molecule has 3 rings (SSSR count). The zero-order valence-electron chi connectivity index (χ0n) is 14.7. The molecular formula is C19H17ClN4O3. The van der Waals surface area contributed by atoms with Gasteiger partial charge >= 0.3 is 0 Å². The fourth-order valence-electron chi connectivity index (χ4n) is 2.36. The number of nitrogens with one attached hydrogen (secondary N) is 2. The average molecular weight is 385 g/mol. The Morgan fingerprint density at radius 2 is 1.89 bits per heavy atom. The summed E-state index contributed by atoms with van der Waals surface area (Å²) in [6.45, 7) is 0. The Hall–Kier alpha value is -3.32. The number of anilines is 3. The lowest BCUT2D eigenvalue weighted by Crippen LogP contribution is -2.15. The molecule has 0 aliphatic carbocycles. The van der Waals surface area contributed by atoms with Crippen LogP contribution >= 0.6 is 11.6 Å². The van der Waals surface area contributed by atoms with E-state index in [9.17, 15) is 4.79 Å². The molecule has 2 aromatic carbocycles. The van der Waals surface area contributed by atoms with Gasteiger partial charge in [0, 0.05) is 22.8 Å². The molecule has 0 radical (unpaired) electrons. The van der Waals surface area contributed by atoms with Crippen molar-refractivity contribution >= 4 is 34.7 Å². The Kier molecular flexibility index (Phi) is 5.73. The maximum Gasteiger partial charge on any atom is 0.274 e. The average Bonchev–Trinajstić information content (AvgIpc) is 2.68.